The van der Waals surface area contributed by atoms with E-state index in [9.17, 15) is 0 Å². The summed E-state index contributed by atoms with van der Waals surface area (Å²) < 4.78 is 0. The minimum absolute atomic E-state index is 0.0256. The van der Waals surface area contributed by atoms with E-state index >= 15 is 0 Å². The predicted octanol–water partition coefficient (Wildman–Crippen LogP) is 2.59. The van der Waals surface area contributed by atoms with Gasteiger partial charge >= 0.3 is 0 Å². The van der Waals surface area contributed by atoms with Crippen LogP contribution in [0.3, 0.4) is 0 Å². The first kappa shape index (κ1) is 9.76. The molecule has 5 heteroatoms. The predicted molar refractivity (Wildman–Crippen MR) is 60.6 cm³/mol. The fourth-order valence-electron chi connectivity index (χ4n) is 1.07. The van der Waals surface area contributed by atoms with Gasteiger partial charge in [-0.1, -0.05) is 11.3 Å². The second-order valence-electron chi connectivity index (χ2n) is 3.14. The molecular formula is C9H11N3S2. The first-order chi connectivity index (χ1) is 6.66. The van der Waals surface area contributed by atoms with Crippen molar-refractivity contribution in [1.29, 1.82) is 0 Å². The van der Waals surface area contributed by atoms with Crippen molar-refractivity contribution in [3.05, 3.63) is 22.0 Å². The lowest BCUT2D eigenvalue weighted by Crippen LogP contribution is -2.03. The molecule has 0 bridgehead atoms. The summed E-state index contributed by atoms with van der Waals surface area (Å²) in [5.41, 5.74) is 5.72. The molecule has 0 saturated carbocycles. The second kappa shape index (κ2) is 3.76. The molecule has 2 aromatic heterocycles. The van der Waals surface area contributed by atoms with Gasteiger partial charge in [0.2, 0.25) is 0 Å². The van der Waals surface area contributed by atoms with Crippen molar-refractivity contribution in [2.45, 2.75) is 19.9 Å². The molecule has 0 aliphatic heterocycles. The van der Waals surface area contributed by atoms with Gasteiger partial charge in [-0.05, 0) is 26.0 Å². The molecule has 0 amide bonds. The highest BCUT2D eigenvalue weighted by Gasteiger charge is 2.10. The lowest BCUT2D eigenvalue weighted by atomic mass is 10.4. The molecule has 2 N–H and O–H groups in total. The number of nitrogens with zero attached hydrogens (tertiary/aromatic N) is 2. The highest BCUT2D eigenvalue weighted by Crippen LogP contribution is 2.31. The molecule has 0 saturated heterocycles. The standard InChI is InChI=1S/C9H11N3S2/c1-5-3-4-7(13-5)9-12-11-8(14-9)6(2)10/h3-4,6H,10H2,1-2H3. The van der Waals surface area contributed by atoms with Gasteiger partial charge in [-0.25, -0.2) is 0 Å². The normalized spacial score (nSPS) is 13.1. The van der Waals surface area contributed by atoms with E-state index in [0.29, 0.717) is 0 Å². The Hall–Kier alpha value is -0.780. The van der Waals surface area contributed by atoms with Crippen molar-refractivity contribution in [1.82, 2.24) is 10.2 Å². The van der Waals surface area contributed by atoms with Crippen molar-refractivity contribution in [2.75, 3.05) is 0 Å². The molecule has 1 unspecified atom stereocenters. The van der Waals surface area contributed by atoms with Crippen LogP contribution in [0, 0.1) is 6.92 Å². The topological polar surface area (TPSA) is 51.8 Å². The van der Waals surface area contributed by atoms with Gasteiger partial charge in [-0.2, -0.15) is 0 Å². The monoisotopic (exact) mass is 225 g/mol. The Balaban J connectivity index is 2.33. The number of hydrogen-bond acceptors (Lipinski definition) is 5. The number of hydrogen-bond donors (Lipinski definition) is 1. The zero-order valence-electron chi connectivity index (χ0n) is 8.02. The van der Waals surface area contributed by atoms with E-state index in [-0.39, 0.29) is 6.04 Å². The zero-order valence-corrected chi connectivity index (χ0v) is 9.65. The summed E-state index contributed by atoms with van der Waals surface area (Å²) in [4.78, 5) is 2.46. The van der Waals surface area contributed by atoms with Gasteiger partial charge < -0.3 is 5.73 Å². The molecule has 1 atom stereocenters. The third kappa shape index (κ3) is 1.84. The molecule has 2 rings (SSSR count). The average molecular weight is 225 g/mol. The fourth-order valence-corrected chi connectivity index (χ4v) is 2.78. The van der Waals surface area contributed by atoms with E-state index in [0.717, 1.165) is 10.0 Å². The van der Waals surface area contributed by atoms with Crippen molar-refractivity contribution < 1.29 is 0 Å². The van der Waals surface area contributed by atoms with Crippen molar-refractivity contribution in [3.63, 3.8) is 0 Å². The second-order valence-corrected chi connectivity index (χ2v) is 5.44. The summed E-state index contributed by atoms with van der Waals surface area (Å²) >= 11 is 3.30. The minimum Gasteiger partial charge on any atom is -0.322 e. The number of aryl methyl sites for hydroxylation is 1. The van der Waals surface area contributed by atoms with Crippen LogP contribution in [-0.4, -0.2) is 10.2 Å². The zero-order chi connectivity index (χ0) is 10.1. The van der Waals surface area contributed by atoms with Crippen LogP contribution in [0.5, 0.6) is 0 Å². The van der Waals surface area contributed by atoms with Crippen LogP contribution < -0.4 is 5.73 Å². The number of thiophene rings is 1. The molecule has 0 aliphatic carbocycles. The highest BCUT2D eigenvalue weighted by atomic mass is 32.1. The van der Waals surface area contributed by atoms with Crippen LogP contribution in [0.15, 0.2) is 12.1 Å². The molecule has 0 spiro atoms. The third-order valence-corrected chi connectivity index (χ3v) is 4.08. The van der Waals surface area contributed by atoms with Crippen LogP contribution in [0.1, 0.15) is 22.9 Å². The largest absolute Gasteiger partial charge is 0.322 e. The molecule has 2 heterocycles. The summed E-state index contributed by atoms with van der Waals surface area (Å²) in [6.07, 6.45) is 0. The van der Waals surface area contributed by atoms with Gasteiger partial charge in [-0.15, -0.1) is 21.5 Å². The van der Waals surface area contributed by atoms with Crippen LogP contribution in [-0.2, 0) is 0 Å². The maximum atomic E-state index is 5.72. The summed E-state index contributed by atoms with van der Waals surface area (Å²) in [6.45, 7) is 4.01. The molecule has 0 aliphatic rings. The Labute approximate surface area is 90.6 Å². The Bertz CT molecular complexity index is 431. The van der Waals surface area contributed by atoms with E-state index in [2.05, 4.69) is 29.3 Å². The molecule has 14 heavy (non-hydrogen) atoms. The van der Waals surface area contributed by atoms with Crippen molar-refractivity contribution >= 4 is 22.7 Å². The van der Waals surface area contributed by atoms with E-state index in [1.807, 2.05) is 6.92 Å². The molecular weight excluding hydrogens is 214 g/mol. The number of aromatic nitrogens is 2. The minimum atomic E-state index is -0.0256. The summed E-state index contributed by atoms with van der Waals surface area (Å²) in [5, 5.41) is 10.0. The Morgan fingerprint density at radius 1 is 1.29 bits per heavy atom. The van der Waals surface area contributed by atoms with Crippen molar-refractivity contribution in [2.24, 2.45) is 5.73 Å². The number of rotatable bonds is 2. The van der Waals surface area contributed by atoms with Crippen LogP contribution >= 0.6 is 22.7 Å². The van der Waals surface area contributed by atoms with Crippen LogP contribution in [0.2, 0.25) is 0 Å². The smallest absolute Gasteiger partial charge is 0.157 e. The third-order valence-electron chi connectivity index (χ3n) is 1.78. The molecule has 0 fully saturated rings. The number of nitrogens with two attached hydrogens (primary N) is 1. The SMILES string of the molecule is Cc1ccc(-c2nnc(C(C)N)s2)s1. The van der Waals surface area contributed by atoms with Gasteiger partial charge in [0.15, 0.2) is 5.01 Å². The molecule has 0 aromatic carbocycles. The van der Waals surface area contributed by atoms with Crippen molar-refractivity contribution in [3.8, 4) is 9.88 Å². The van der Waals surface area contributed by atoms with Gasteiger partial charge in [0.05, 0.1) is 10.9 Å². The highest BCUT2D eigenvalue weighted by molar-refractivity contribution is 7.21. The molecule has 0 radical (unpaired) electrons. The lowest BCUT2D eigenvalue weighted by Gasteiger charge is -1.94. The first-order valence-electron chi connectivity index (χ1n) is 4.32. The Morgan fingerprint density at radius 3 is 2.57 bits per heavy atom. The maximum absolute atomic E-state index is 5.72. The molecule has 3 nitrogen and oxygen atoms in total. The summed E-state index contributed by atoms with van der Waals surface area (Å²) in [6, 6.07) is 4.14. The van der Waals surface area contributed by atoms with Gasteiger partial charge in [0, 0.05) is 4.88 Å². The fraction of sp³-hybridized carbons (Fsp3) is 0.333. The summed E-state index contributed by atoms with van der Waals surface area (Å²) in [7, 11) is 0. The van der Waals surface area contributed by atoms with Crippen LogP contribution in [0.4, 0.5) is 0 Å². The first-order valence-corrected chi connectivity index (χ1v) is 5.96. The van der Waals surface area contributed by atoms with Gasteiger partial charge in [0.25, 0.3) is 0 Å². The van der Waals surface area contributed by atoms with E-state index < -0.39 is 0 Å². The maximum Gasteiger partial charge on any atom is 0.157 e. The molecule has 2 aromatic rings. The summed E-state index contributed by atoms with van der Waals surface area (Å²) in [5.74, 6) is 0. The van der Waals surface area contributed by atoms with Crippen LogP contribution in [0.25, 0.3) is 9.88 Å². The Kier molecular flexibility index (Phi) is 2.62. The average Bonchev–Trinajstić information content (AvgIpc) is 2.70. The van der Waals surface area contributed by atoms with E-state index in [1.165, 1.54) is 9.75 Å². The van der Waals surface area contributed by atoms with Gasteiger partial charge in [-0.3, -0.25) is 0 Å². The Morgan fingerprint density at radius 2 is 2.07 bits per heavy atom. The quantitative estimate of drug-likeness (QED) is 0.854. The lowest BCUT2D eigenvalue weighted by molar-refractivity contribution is 0.786. The van der Waals surface area contributed by atoms with E-state index in [1.54, 1.807) is 22.7 Å². The molecule has 74 valence electrons. The van der Waals surface area contributed by atoms with E-state index in [4.69, 9.17) is 5.73 Å². The van der Waals surface area contributed by atoms with Gasteiger partial charge in [0.1, 0.15) is 5.01 Å².